The predicted octanol–water partition coefficient (Wildman–Crippen LogP) is 3.83. The van der Waals surface area contributed by atoms with Crippen LogP contribution in [0.5, 0.6) is 5.75 Å². The van der Waals surface area contributed by atoms with Gasteiger partial charge in [0.2, 0.25) is 0 Å². The number of ketones is 1. The molecule has 1 aliphatic rings. The Morgan fingerprint density at radius 2 is 1.96 bits per heavy atom. The molecule has 1 heterocycles. The fourth-order valence-corrected chi connectivity index (χ4v) is 2.95. The maximum Gasteiger partial charge on any atom is 0.410 e. The van der Waals surface area contributed by atoms with Crippen LogP contribution in [0.25, 0.3) is 0 Å². The maximum atomic E-state index is 12.8. The van der Waals surface area contributed by atoms with Crippen molar-refractivity contribution in [1.82, 2.24) is 4.90 Å². The minimum Gasteiger partial charge on any atom is -0.496 e. The van der Waals surface area contributed by atoms with Gasteiger partial charge in [0, 0.05) is 24.6 Å². The molecule has 2 rings (SSSR count). The van der Waals surface area contributed by atoms with E-state index >= 15 is 0 Å². The zero-order valence-electron chi connectivity index (χ0n) is 15.2. The smallest absolute Gasteiger partial charge is 0.410 e. The van der Waals surface area contributed by atoms with Crippen LogP contribution in [-0.4, -0.2) is 42.6 Å². The summed E-state index contributed by atoms with van der Waals surface area (Å²) in [5.74, 6) is 0.665. The van der Waals surface area contributed by atoms with Gasteiger partial charge in [-0.25, -0.2) is 4.79 Å². The number of aryl methyl sites for hydroxylation is 1. The Labute approximate surface area is 143 Å². The molecular formula is C19H27NO4. The molecule has 1 unspecified atom stereocenters. The lowest BCUT2D eigenvalue weighted by atomic mass is 9.89. The number of likely N-dealkylation sites (tertiary alicyclic amines) is 1. The van der Waals surface area contributed by atoms with Gasteiger partial charge < -0.3 is 14.4 Å². The first-order chi connectivity index (χ1) is 11.2. The summed E-state index contributed by atoms with van der Waals surface area (Å²) in [4.78, 5) is 26.7. The molecule has 0 saturated carbocycles. The molecule has 132 valence electrons. The number of amides is 1. The summed E-state index contributed by atoms with van der Waals surface area (Å²) in [6, 6.07) is 5.46. The van der Waals surface area contributed by atoms with Crippen molar-refractivity contribution >= 4 is 11.9 Å². The van der Waals surface area contributed by atoms with Gasteiger partial charge in [-0.15, -0.1) is 0 Å². The molecule has 1 aliphatic heterocycles. The molecule has 5 nitrogen and oxygen atoms in total. The molecule has 1 saturated heterocycles. The fourth-order valence-electron chi connectivity index (χ4n) is 2.95. The van der Waals surface area contributed by atoms with Crippen LogP contribution in [0.15, 0.2) is 18.2 Å². The van der Waals surface area contributed by atoms with E-state index in [0.29, 0.717) is 18.7 Å². The van der Waals surface area contributed by atoms with E-state index in [1.165, 1.54) is 0 Å². The molecule has 24 heavy (non-hydrogen) atoms. The summed E-state index contributed by atoms with van der Waals surface area (Å²) in [5.41, 5.74) is 1.08. The van der Waals surface area contributed by atoms with Crippen molar-refractivity contribution in [2.24, 2.45) is 5.92 Å². The third-order valence-corrected chi connectivity index (χ3v) is 4.12. The standard InChI is InChI=1S/C19H27NO4/c1-13-11-14(8-9-16(13)23-5)17(21)15-7-6-10-20(12-15)18(22)24-19(2,3)4/h8-9,11,15H,6-7,10,12H2,1-5H3. The molecule has 1 amide bonds. The lowest BCUT2D eigenvalue weighted by Crippen LogP contribution is -2.44. The van der Waals surface area contributed by atoms with E-state index in [1.807, 2.05) is 39.8 Å². The van der Waals surface area contributed by atoms with Gasteiger partial charge in [-0.1, -0.05) is 0 Å². The molecule has 5 heteroatoms. The number of piperidine rings is 1. The number of rotatable bonds is 3. The van der Waals surface area contributed by atoms with Crippen molar-refractivity contribution in [2.45, 2.75) is 46.1 Å². The molecule has 1 fully saturated rings. The summed E-state index contributed by atoms with van der Waals surface area (Å²) >= 11 is 0. The van der Waals surface area contributed by atoms with Crippen LogP contribution in [0.3, 0.4) is 0 Å². The van der Waals surface area contributed by atoms with E-state index in [0.717, 1.165) is 24.2 Å². The van der Waals surface area contributed by atoms with Gasteiger partial charge in [-0.05, 0) is 64.3 Å². The van der Waals surface area contributed by atoms with Crippen LogP contribution in [0, 0.1) is 12.8 Å². The molecule has 1 aromatic carbocycles. The van der Waals surface area contributed by atoms with Crippen LogP contribution in [0.1, 0.15) is 49.5 Å². The van der Waals surface area contributed by atoms with Crippen molar-refractivity contribution in [3.63, 3.8) is 0 Å². The summed E-state index contributed by atoms with van der Waals surface area (Å²) < 4.78 is 10.7. The van der Waals surface area contributed by atoms with Gasteiger partial charge >= 0.3 is 6.09 Å². The Balaban J connectivity index is 2.07. The Morgan fingerprint density at radius 3 is 2.54 bits per heavy atom. The number of hydrogen-bond donors (Lipinski definition) is 0. The van der Waals surface area contributed by atoms with Crippen LogP contribution >= 0.6 is 0 Å². The third-order valence-electron chi connectivity index (χ3n) is 4.12. The van der Waals surface area contributed by atoms with Gasteiger partial charge in [0.25, 0.3) is 0 Å². The third kappa shape index (κ3) is 4.49. The number of ether oxygens (including phenoxy) is 2. The van der Waals surface area contributed by atoms with Crippen LogP contribution in [-0.2, 0) is 4.74 Å². The SMILES string of the molecule is COc1ccc(C(=O)C2CCCN(C(=O)OC(C)(C)C)C2)cc1C. The van der Waals surface area contributed by atoms with Gasteiger partial charge in [-0.3, -0.25) is 4.79 Å². The molecule has 0 radical (unpaired) electrons. The largest absolute Gasteiger partial charge is 0.496 e. The highest BCUT2D eigenvalue weighted by Crippen LogP contribution is 2.25. The Bertz CT molecular complexity index is 618. The van der Waals surface area contributed by atoms with Crippen molar-refractivity contribution in [3.05, 3.63) is 29.3 Å². The minimum atomic E-state index is -0.527. The number of carbonyl (C=O) groups excluding carboxylic acids is 2. The van der Waals surface area contributed by atoms with E-state index in [9.17, 15) is 9.59 Å². The predicted molar refractivity (Wildman–Crippen MR) is 92.6 cm³/mol. The number of carbonyl (C=O) groups is 2. The van der Waals surface area contributed by atoms with E-state index in [-0.39, 0.29) is 17.8 Å². The summed E-state index contributed by atoms with van der Waals surface area (Å²) in [6.07, 6.45) is 1.26. The first-order valence-corrected chi connectivity index (χ1v) is 8.38. The summed E-state index contributed by atoms with van der Waals surface area (Å²) in [5, 5.41) is 0. The average molecular weight is 333 g/mol. The maximum absolute atomic E-state index is 12.8. The first kappa shape index (κ1) is 18.3. The highest BCUT2D eigenvalue weighted by molar-refractivity contribution is 5.98. The molecular weight excluding hydrogens is 306 g/mol. The second kappa shape index (κ2) is 7.24. The van der Waals surface area contributed by atoms with Gasteiger partial charge in [-0.2, -0.15) is 0 Å². The van der Waals surface area contributed by atoms with Crippen molar-refractivity contribution in [1.29, 1.82) is 0 Å². The van der Waals surface area contributed by atoms with Crippen molar-refractivity contribution < 1.29 is 19.1 Å². The Kier molecular flexibility index (Phi) is 5.52. The fraction of sp³-hybridized carbons (Fsp3) is 0.579. The number of hydrogen-bond acceptors (Lipinski definition) is 4. The summed E-state index contributed by atoms with van der Waals surface area (Å²) in [7, 11) is 1.61. The number of methoxy groups -OCH3 is 1. The zero-order valence-corrected chi connectivity index (χ0v) is 15.2. The highest BCUT2D eigenvalue weighted by Gasteiger charge is 2.31. The Morgan fingerprint density at radius 1 is 1.25 bits per heavy atom. The molecule has 0 N–H and O–H groups in total. The number of nitrogens with zero attached hydrogens (tertiary/aromatic N) is 1. The normalized spacial score (nSPS) is 18.2. The number of benzene rings is 1. The van der Waals surface area contributed by atoms with Crippen LogP contribution in [0.2, 0.25) is 0 Å². The highest BCUT2D eigenvalue weighted by atomic mass is 16.6. The van der Waals surface area contributed by atoms with E-state index in [2.05, 4.69) is 0 Å². The molecule has 1 aromatic rings. The zero-order chi connectivity index (χ0) is 17.9. The van der Waals surface area contributed by atoms with Crippen molar-refractivity contribution in [2.75, 3.05) is 20.2 Å². The van der Waals surface area contributed by atoms with Crippen molar-refractivity contribution in [3.8, 4) is 5.75 Å². The van der Waals surface area contributed by atoms with Gasteiger partial charge in [0.1, 0.15) is 11.4 Å². The van der Waals surface area contributed by atoms with E-state index in [4.69, 9.17) is 9.47 Å². The topological polar surface area (TPSA) is 55.8 Å². The van der Waals surface area contributed by atoms with E-state index < -0.39 is 5.60 Å². The van der Waals surface area contributed by atoms with Gasteiger partial charge in [0.05, 0.1) is 7.11 Å². The van der Waals surface area contributed by atoms with Gasteiger partial charge in [0.15, 0.2) is 5.78 Å². The average Bonchev–Trinajstić information content (AvgIpc) is 2.52. The van der Waals surface area contributed by atoms with Crippen LogP contribution in [0.4, 0.5) is 4.79 Å². The second-order valence-electron chi connectivity index (χ2n) is 7.31. The Hall–Kier alpha value is -2.04. The second-order valence-corrected chi connectivity index (χ2v) is 7.31. The van der Waals surface area contributed by atoms with Crippen LogP contribution < -0.4 is 4.74 Å². The lowest BCUT2D eigenvalue weighted by Gasteiger charge is -2.33. The quantitative estimate of drug-likeness (QED) is 0.789. The lowest BCUT2D eigenvalue weighted by molar-refractivity contribution is 0.0172. The molecule has 0 aliphatic carbocycles. The molecule has 0 aromatic heterocycles. The summed E-state index contributed by atoms with van der Waals surface area (Å²) in [6.45, 7) is 8.51. The minimum absolute atomic E-state index is 0.0778. The molecule has 0 bridgehead atoms. The number of Topliss-reactive ketones (excluding diaryl/α,β-unsaturated/α-hetero) is 1. The molecule has 1 atom stereocenters. The van der Waals surface area contributed by atoms with E-state index in [1.54, 1.807) is 18.1 Å². The molecule has 0 spiro atoms. The first-order valence-electron chi connectivity index (χ1n) is 8.38. The monoisotopic (exact) mass is 333 g/mol.